The van der Waals surface area contributed by atoms with Gasteiger partial charge >= 0.3 is 0 Å². The van der Waals surface area contributed by atoms with E-state index in [1.807, 2.05) is 0 Å². The average Bonchev–Trinajstić information content (AvgIpc) is 3.11. The van der Waals surface area contributed by atoms with E-state index in [0.29, 0.717) is 12.0 Å². The van der Waals surface area contributed by atoms with Crippen molar-refractivity contribution in [2.45, 2.75) is 37.8 Å². The Morgan fingerprint density at radius 1 is 1.47 bits per heavy atom. The Hall–Kier alpha value is -0.160. The second-order valence-electron chi connectivity index (χ2n) is 5.05. The fourth-order valence-corrected chi connectivity index (χ4v) is 4.06. The average molecular weight is 272 g/mol. The van der Waals surface area contributed by atoms with Crippen LogP contribution in [-0.2, 0) is 0 Å². The van der Waals surface area contributed by atoms with Gasteiger partial charge in [0.15, 0.2) is 0 Å². The summed E-state index contributed by atoms with van der Waals surface area (Å²) in [6.45, 7) is 1.95. The highest BCUT2D eigenvalue weighted by Gasteiger charge is 2.41. The molecular weight excluding hydrogens is 254 g/mol. The van der Waals surface area contributed by atoms with E-state index in [1.54, 1.807) is 17.5 Å². The molecule has 3 rings (SSSR count). The van der Waals surface area contributed by atoms with Crippen LogP contribution in [0.15, 0.2) is 6.20 Å². The van der Waals surface area contributed by atoms with Gasteiger partial charge in [-0.3, -0.25) is 4.90 Å². The molecule has 0 aromatic carbocycles. The largest absolute Gasteiger partial charge is 0.330 e. The third-order valence-electron chi connectivity index (χ3n) is 3.86. The van der Waals surface area contributed by atoms with Crippen molar-refractivity contribution in [2.75, 3.05) is 13.1 Å². The van der Waals surface area contributed by atoms with Crippen molar-refractivity contribution in [2.24, 2.45) is 11.7 Å². The summed E-state index contributed by atoms with van der Waals surface area (Å²) in [6, 6.07) is 1.19. The van der Waals surface area contributed by atoms with E-state index in [-0.39, 0.29) is 0 Å². The number of halogens is 1. The van der Waals surface area contributed by atoms with Crippen molar-refractivity contribution in [3.63, 3.8) is 0 Å². The first-order valence-corrected chi connectivity index (χ1v) is 7.56. The number of aromatic nitrogens is 1. The highest BCUT2D eigenvalue weighted by atomic mass is 35.5. The molecule has 1 aliphatic heterocycles. The van der Waals surface area contributed by atoms with Crippen LogP contribution in [0.5, 0.6) is 0 Å². The van der Waals surface area contributed by atoms with Gasteiger partial charge in [-0.1, -0.05) is 11.6 Å². The minimum atomic E-state index is 0.416. The summed E-state index contributed by atoms with van der Waals surface area (Å²) in [7, 11) is 0. The molecule has 2 atom stereocenters. The Labute approximate surface area is 111 Å². The molecule has 5 heteroatoms. The molecule has 0 spiro atoms. The summed E-state index contributed by atoms with van der Waals surface area (Å²) >= 11 is 7.64. The van der Waals surface area contributed by atoms with Crippen molar-refractivity contribution in [1.29, 1.82) is 0 Å². The number of likely N-dealkylation sites (tertiary alicyclic amines) is 1. The van der Waals surface area contributed by atoms with Gasteiger partial charge in [0, 0.05) is 6.04 Å². The number of nitrogens with zero attached hydrogens (tertiary/aromatic N) is 2. The van der Waals surface area contributed by atoms with E-state index >= 15 is 0 Å². The third-order valence-corrected chi connectivity index (χ3v) is 5.05. The predicted octanol–water partition coefficient (Wildman–Crippen LogP) is 2.67. The summed E-state index contributed by atoms with van der Waals surface area (Å²) in [4.78, 5) is 7.11. The monoisotopic (exact) mass is 271 g/mol. The molecule has 2 aliphatic rings. The fourth-order valence-electron chi connectivity index (χ4n) is 2.91. The molecule has 1 aliphatic carbocycles. The van der Waals surface area contributed by atoms with Crippen LogP contribution in [0.1, 0.15) is 36.7 Å². The summed E-state index contributed by atoms with van der Waals surface area (Å²) in [6.07, 6.45) is 6.95. The van der Waals surface area contributed by atoms with E-state index in [9.17, 15) is 0 Å². The third kappa shape index (κ3) is 2.36. The molecule has 0 bridgehead atoms. The minimum Gasteiger partial charge on any atom is -0.330 e. The molecule has 2 unspecified atom stereocenters. The number of hydrogen-bond donors (Lipinski definition) is 1. The standard InChI is InChI=1S/C12H18ClN3S/c13-10-7-15-12(17-10)11-8(6-14)2-1-5-16(11)9-3-4-9/h7-9,11H,1-6,14H2. The van der Waals surface area contributed by atoms with Crippen LogP contribution in [0, 0.1) is 5.92 Å². The molecule has 0 amide bonds. The van der Waals surface area contributed by atoms with Crippen molar-refractivity contribution in [3.05, 3.63) is 15.5 Å². The summed E-state index contributed by atoms with van der Waals surface area (Å²) in [5, 5.41) is 1.16. The number of thiazole rings is 1. The highest BCUT2D eigenvalue weighted by molar-refractivity contribution is 7.15. The minimum absolute atomic E-state index is 0.416. The molecule has 2 fully saturated rings. The summed E-state index contributed by atoms with van der Waals surface area (Å²) in [5.41, 5.74) is 5.94. The van der Waals surface area contributed by atoms with Crippen LogP contribution in [0.25, 0.3) is 0 Å². The van der Waals surface area contributed by atoms with Gasteiger partial charge in [0.2, 0.25) is 0 Å². The van der Waals surface area contributed by atoms with Gasteiger partial charge in [-0.2, -0.15) is 0 Å². The number of nitrogens with two attached hydrogens (primary N) is 1. The van der Waals surface area contributed by atoms with Gasteiger partial charge in [-0.05, 0) is 44.7 Å². The molecule has 2 heterocycles. The lowest BCUT2D eigenvalue weighted by atomic mass is 9.89. The lowest BCUT2D eigenvalue weighted by molar-refractivity contribution is 0.0878. The Balaban J connectivity index is 1.88. The van der Waals surface area contributed by atoms with Crippen LogP contribution in [0.2, 0.25) is 4.34 Å². The fraction of sp³-hybridized carbons (Fsp3) is 0.750. The zero-order valence-electron chi connectivity index (χ0n) is 9.81. The normalized spacial score (nSPS) is 30.7. The Kier molecular flexibility index (Phi) is 3.39. The quantitative estimate of drug-likeness (QED) is 0.919. The molecule has 17 heavy (non-hydrogen) atoms. The molecular formula is C12H18ClN3S. The van der Waals surface area contributed by atoms with Crippen molar-refractivity contribution in [3.8, 4) is 0 Å². The molecule has 94 valence electrons. The first kappa shape index (κ1) is 11.9. The topological polar surface area (TPSA) is 42.1 Å². The molecule has 3 nitrogen and oxygen atoms in total. The van der Waals surface area contributed by atoms with Crippen LogP contribution < -0.4 is 5.73 Å². The van der Waals surface area contributed by atoms with Crippen LogP contribution in [0.3, 0.4) is 0 Å². The lowest BCUT2D eigenvalue weighted by Gasteiger charge is -2.40. The molecule has 2 N–H and O–H groups in total. The second-order valence-corrected chi connectivity index (χ2v) is 6.75. The van der Waals surface area contributed by atoms with E-state index in [4.69, 9.17) is 17.3 Å². The van der Waals surface area contributed by atoms with E-state index in [0.717, 1.165) is 21.9 Å². The van der Waals surface area contributed by atoms with E-state index in [2.05, 4.69) is 9.88 Å². The van der Waals surface area contributed by atoms with Crippen LogP contribution >= 0.6 is 22.9 Å². The number of piperidine rings is 1. The number of hydrogen-bond acceptors (Lipinski definition) is 4. The summed E-state index contributed by atoms with van der Waals surface area (Å²) < 4.78 is 0.789. The summed E-state index contributed by atoms with van der Waals surface area (Å²) in [5.74, 6) is 0.548. The molecule has 1 saturated carbocycles. The number of rotatable bonds is 3. The van der Waals surface area contributed by atoms with E-state index < -0.39 is 0 Å². The van der Waals surface area contributed by atoms with Crippen molar-refractivity contribution in [1.82, 2.24) is 9.88 Å². The molecule has 1 aromatic heterocycles. The second kappa shape index (κ2) is 4.84. The first-order valence-electron chi connectivity index (χ1n) is 6.36. The van der Waals surface area contributed by atoms with Gasteiger partial charge < -0.3 is 5.73 Å². The van der Waals surface area contributed by atoms with Gasteiger partial charge in [0.1, 0.15) is 9.34 Å². The Morgan fingerprint density at radius 2 is 2.29 bits per heavy atom. The zero-order valence-corrected chi connectivity index (χ0v) is 11.4. The zero-order chi connectivity index (χ0) is 11.8. The maximum absolute atomic E-state index is 6.02. The first-order chi connectivity index (χ1) is 8.29. The van der Waals surface area contributed by atoms with Gasteiger partial charge in [-0.25, -0.2) is 4.98 Å². The molecule has 1 saturated heterocycles. The molecule has 1 aromatic rings. The maximum Gasteiger partial charge on any atom is 0.113 e. The SMILES string of the molecule is NCC1CCCN(C2CC2)C1c1ncc(Cl)s1. The van der Waals surface area contributed by atoms with Crippen molar-refractivity contribution < 1.29 is 0 Å². The predicted molar refractivity (Wildman–Crippen MR) is 71.4 cm³/mol. The van der Waals surface area contributed by atoms with Gasteiger partial charge in [0.05, 0.1) is 12.2 Å². The smallest absolute Gasteiger partial charge is 0.113 e. The van der Waals surface area contributed by atoms with Crippen LogP contribution in [-0.4, -0.2) is 29.0 Å². The van der Waals surface area contributed by atoms with Gasteiger partial charge in [-0.15, -0.1) is 11.3 Å². The van der Waals surface area contributed by atoms with Gasteiger partial charge in [0.25, 0.3) is 0 Å². The van der Waals surface area contributed by atoms with E-state index in [1.165, 1.54) is 32.2 Å². The Bertz CT molecular complexity index is 391. The lowest BCUT2D eigenvalue weighted by Crippen LogP contribution is -2.42. The van der Waals surface area contributed by atoms with Crippen LogP contribution in [0.4, 0.5) is 0 Å². The van der Waals surface area contributed by atoms with Crippen molar-refractivity contribution >= 4 is 22.9 Å². The maximum atomic E-state index is 6.02. The molecule has 0 radical (unpaired) electrons. The Morgan fingerprint density at radius 3 is 2.88 bits per heavy atom. The highest BCUT2D eigenvalue weighted by Crippen LogP contribution is 2.43.